The third-order valence-electron chi connectivity index (χ3n) is 4.26. The fraction of sp³-hybridized carbons (Fsp3) is 0.182. The van der Waals surface area contributed by atoms with E-state index < -0.39 is 0 Å². The molecule has 116 valence electrons. The quantitative estimate of drug-likeness (QED) is 0.703. The summed E-state index contributed by atoms with van der Waals surface area (Å²) < 4.78 is 0. The molecule has 23 heavy (non-hydrogen) atoms. The van der Waals surface area contributed by atoms with Gasteiger partial charge < -0.3 is 5.11 Å². The molecule has 0 aliphatic heterocycles. The Labute approximate surface area is 138 Å². The summed E-state index contributed by atoms with van der Waals surface area (Å²) in [5.41, 5.74) is 7.23. The molecule has 1 heteroatoms. The van der Waals surface area contributed by atoms with E-state index in [2.05, 4.69) is 68.4 Å². The molecule has 0 heterocycles. The molecule has 0 bridgehead atoms. The lowest BCUT2D eigenvalue weighted by Gasteiger charge is -2.12. The maximum Gasteiger partial charge on any atom is 0.119 e. The minimum Gasteiger partial charge on any atom is -0.508 e. The van der Waals surface area contributed by atoms with Crippen LogP contribution in [0.5, 0.6) is 5.75 Å². The standard InChI is InChI=1S/C22H22O/c1-16-6-10-18(11-7-16)14-20-4-3-5-22(23)21(20)15-19-12-8-17(2)9-13-19/h3-13,23H,14-15H2,1-2H3. The van der Waals surface area contributed by atoms with Crippen LogP contribution >= 0.6 is 0 Å². The number of phenols is 1. The number of hydrogen-bond donors (Lipinski definition) is 1. The molecule has 0 spiro atoms. The van der Waals surface area contributed by atoms with Crippen molar-refractivity contribution in [3.8, 4) is 5.75 Å². The van der Waals surface area contributed by atoms with Crippen LogP contribution < -0.4 is 0 Å². The van der Waals surface area contributed by atoms with Gasteiger partial charge in [0.2, 0.25) is 0 Å². The van der Waals surface area contributed by atoms with E-state index in [0.717, 1.165) is 18.4 Å². The van der Waals surface area contributed by atoms with E-state index >= 15 is 0 Å². The molecule has 0 amide bonds. The van der Waals surface area contributed by atoms with Gasteiger partial charge in [-0.15, -0.1) is 0 Å². The highest BCUT2D eigenvalue weighted by Crippen LogP contribution is 2.26. The molecule has 0 saturated carbocycles. The largest absolute Gasteiger partial charge is 0.508 e. The first-order valence-corrected chi connectivity index (χ1v) is 8.02. The minimum atomic E-state index is 0.384. The predicted molar refractivity (Wildman–Crippen MR) is 96.1 cm³/mol. The molecule has 0 aliphatic rings. The molecule has 3 aromatic carbocycles. The van der Waals surface area contributed by atoms with Crippen LogP contribution in [0.4, 0.5) is 0 Å². The first-order chi connectivity index (χ1) is 11.1. The first-order valence-electron chi connectivity index (χ1n) is 8.02. The van der Waals surface area contributed by atoms with Crippen molar-refractivity contribution in [2.45, 2.75) is 26.7 Å². The van der Waals surface area contributed by atoms with Crippen LogP contribution in [0.25, 0.3) is 0 Å². The Hall–Kier alpha value is -2.54. The molecular weight excluding hydrogens is 280 g/mol. The lowest BCUT2D eigenvalue weighted by atomic mass is 9.94. The number of aryl methyl sites for hydroxylation is 2. The Kier molecular flexibility index (Phi) is 4.47. The average molecular weight is 302 g/mol. The van der Waals surface area contributed by atoms with Gasteiger partial charge in [0, 0.05) is 12.0 Å². The van der Waals surface area contributed by atoms with Gasteiger partial charge in [0.25, 0.3) is 0 Å². The van der Waals surface area contributed by atoms with Crippen LogP contribution in [0.3, 0.4) is 0 Å². The molecule has 3 rings (SSSR count). The van der Waals surface area contributed by atoms with E-state index in [4.69, 9.17) is 0 Å². The van der Waals surface area contributed by atoms with Crippen molar-refractivity contribution >= 4 is 0 Å². The molecule has 0 atom stereocenters. The molecule has 0 aromatic heterocycles. The van der Waals surface area contributed by atoms with Crippen LogP contribution in [0.2, 0.25) is 0 Å². The van der Waals surface area contributed by atoms with Crippen molar-refractivity contribution in [3.63, 3.8) is 0 Å². The highest BCUT2D eigenvalue weighted by molar-refractivity contribution is 5.45. The molecule has 0 radical (unpaired) electrons. The van der Waals surface area contributed by atoms with Crippen molar-refractivity contribution in [3.05, 3.63) is 100 Å². The van der Waals surface area contributed by atoms with Crippen molar-refractivity contribution in [2.75, 3.05) is 0 Å². The van der Waals surface area contributed by atoms with Gasteiger partial charge in [-0.3, -0.25) is 0 Å². The summed E-state index contributed by atoms with van der Waals surface area (Å²) in [6, 6.07) is 22.9. The first kappa shape index (κ1) is 15.4. The maximum atomic E-state index is 10.3. The van der Waals surface area contributed by atoms with Gasteiger partial charge in [-0.25, -0.2) is 0 Å². The van der Waals surface area contributed by atoms with Crippen molar-refractivity contribution in [1.29, 1.82) is 0 Å². The smallest absolute Gasteiger partial charge is 0.119 e. The SMILES string of the molecule is Cc1ccc(Cc2cccc(O)c2Cc2ccc(C)cc2)cc1. The lowest BCUT2D eigenvalue weighted by molar-refractivity contribution is 0.468. The van der Waals surface area contributed by atoms with Gasteiger partial charge in [-0.2, -0.15) is 0 Å². The fourth-order valence-electron chi connectivity index (χ4n) is 2.83. The summed E-state index contributed by atoms with van der Waals surface area (Å²) in [6.07, 6.45) is 1.60. The van der Waals surface area contributed by atoms with Crippen molar-refractivity contribution in [1.82, 2.24) is 0 Å². The molecule has 1 nitrogen and oxygen atoms in total. The van der Waals surface area contributed by atoms with Crippen molar-refractivity contribution in [2.24, 2.45) is 0 Å². The monoisotopic (exact) mass is 302 g/mol. The second-order valence-corrected chi connectivity index (χ2v) is 6.24. The van der Waals surface area contributed by atoms with Crippen LogP contribution in [-0.4, -0.2) is 5.11 Å². The van der Waals surface area contributed by atoms with Gasteiger partial charge in [-0.1, -0.05) is 71.8 Å². The molecule has 0 fully saturated rings. The third kappa shape index (κ3) is 3.81. The maximum absolute atomic E-state index is 10.3. The molecule has 0 saturated heterocycles. The number of aromatic hydroxyl groups is 1. The number of hydrogen-bond acceptors (Lipinski definition) is 1. The Bertz CT molecular complexity index is 783. The Balaban J connectivity index is 1.90. The van der Waals surface area contributed by atoms with Crippen LogP contribution in [0.1, 0.15) is 33.4 Å². The molecule has 1 N–H and O–H groups in total. The summed E-state index contributed by atoms with van der Waals surface area (Å²) in [7, 11) is 0. The molecular formula is C22H22O. The Morgan fingerprint density at radius 1 is 0.652 bits per heavy atom. The van der Waals surface area contributed by atoms with Crippen LogP contribution in [0, 0.1) is 13.8 Å². The zero-order chi connectivity index (χ0) is 16.2. The fourth-order valence-corrected chi connectivity index (χ4v) is 2.83. The van der Waals surface area contributed by atoms with Gasteiger partial charge in [0.1, 0.15) is 5.75 Å². The topological polar surface area (TPSA) is 20.2 Å². The Morgan fingerprint density at radius 2 is 1.17 bits per heavy atom. The van der Waals surface area contributed by atoms with Crippen molar-refractivity contribution < 1.29 is 5.11 Å². The van der Waals surface area contributed by atoms with Gasteiger partial charge in [0.05, 0.1) is 0 Å². The zero-order valence-corrected chi connectivity index (χ0v) is 13.7. The molecule has 0 unspecified atom stereocenters. The molecule has 3 aromatic rings. The van der Waals surface area contributed by atoms with Crippen LogP contribution in [-0.2, 0) is 12.8 Å². The highest BCUT2D eigenvalue weighted by atomic mass is 16.3. The average Bonchev–Trinajstić information content (AvgIpc) is 2.55. The summed E-state index contributed by atoms with van der Waals surface area (Å²) in [5, 5.41) is 10.3. The second-order valence-electron chi connectivity index (χ2n) is 6.24. The van der Waals surface area contributed by atoms with E-state index in [-0.39, 0.29) is 0 Å². The number of phenolic OH excluding ortho intramolecular Hbond substituents is 1. The van der Waals surface area contributed by atoms with Gasteiger partial charge in [-0.05, 0) is 43.0 Å². The van der Waals surface area contributed by atoms with E-state index in [0.29, 0.717) is 5.75 Å². The van der Waals surface area contributed by atoms with Gasteiger partial charge in [0.15, 0.2) is 0 Å². The normalized spacial score (nSPS) is 10.7. The van der Waals surface area contributed by atoms with Gasteiger partial charge >= 0.3 is 0 Å². The van der Waals surface area contributed by atoms with E-state index in [9.17, 15) is 5.11 Å². The molecule has 0 aliphatic carbocycles. The second kappa shape index (κ2) is 6.70. The van der Waals surface area contributed by atoms with E-state index in [1.165, 1.54) is 27.8 Å². The van der Waals surface area contributed by atoms with E-state index in [1.807, 2.05) is 6.07 Å². The predicted octanol–water partition coefficient (Wildman–Crippen LogP) is 5.19. The Morgan fingerprint density at radius 3 is 1.74 bits per heavy atom. The third-order valence-corrected chi connectivity index (χ3v) is 4.26. The lowest BCUT2D eigenvalue weighted by Crippen LogP contribution is -1.98. The number of rotatable bonds is 4. The summed E-state index contributed by atoms with van der Waals surface area (Å²) in [5.74, 6) is 0.384. The zero-order valence-electron chi connectivity index (χ0n) is 13.7. The van der Waals surface area contributed by atoms with E-state index in [1.54, 1.807) is 6.07 Å². The highest BCUT2D eigenvalue weighted by Gasteiger charge is 2.09. The summed E-state index contributed by atoms with van der Waals surface area (Å²) >= 11 is 0. The summed E-state index contributed by atoms with van der Waals surface area (Å²) in [6.45, 7) is 4.19. The minimum absolute atomic E-state index is 0.384. The summed E-state index contributed by atoms with van der Waals surface area (Å²) in [4.78, 5) is 0. The number of benzene rings is 3. The van der Waals surface area contributed by atoms with Crippen LogP contribution in [0.15, 0.2) is 66.7 Å².